The second-order valence-corrected chi connectivity index (χ2v) is 9.71. The predicted octanol–water partition coefficient (Wildman–Crippen LogP) is 2.91. The topological polar surface area (TPSA) is 107 Å². The number of aryl methyl sites for hydroxylation is 2. The fraction of sp³-hybridized carbons (Fsp3) is 0.526. The lowest BCUT2D eigenvalue weighted by atomic mass is 10.2. The molecule has 0 N–H and O–H groups in total. The van der Waals surface area contributed by atoms with Crippen LogP contribution in [-0.2, 0) is 23.6 Å². The van der Waals surface area contributed by atoms with E-state index in [0.29, 0.717) is 11.8 Å². The Morgan fingerprint density at radius 1 is 1.14 bits per heavy atom. The maximum absolute atomic E-state index is 13.4. The quantitative estimate of drug-likeness (QED) is 0.582. The molecule has 154 valence electrons. The van der Waals surface area contributed by atoms with Gasteiger partial charge in [-0.15, -0.1) is 10.2 Å². The molecule has 0 aromatic carbocycles. The smallest absolute Gasteiger partial charge is 0.283 e. The Kier molecular flexibility index (Phi) is 4.18. The monoisotopic (exact) mass is 417 g/mol. The maximum atomic E-state index is 13.4. The average Bonchev–Trinajstić information content (AvgIpc) is 3.58. The highest BCUT2D eigenvalue weighted by Crippen LogP contribution is 2.40. The largest absolute Gasteiger partial charge is 0.438 e. The molecule has 0 aliphatic heterocycles. The van der Waals surface area contributed by atoms with Gasteiger partial charge in [-0.05, 0) is 51.7 Å². The fourth-order valence-corrected chi connectivity index (χ4v) is 5.06. The third-order valence-electron chi connectivity index (χ3n) is 5.65. The molecule has 2 saturated carbocycles. The number of sulfonamides is 1. The van der Waals surface area contributed by atoms with E-state index in [1.165, 1.54) is 10.4 Å². The molecule has 29 heavy (non-hydrogen) atoms. The van der Waals surface area contributed by atoms with Gasteiger partial charge in [-0.25, -0.2) is 8.42 Å². The van der Waals surface area contributed by atoms with Crippen molar-refractivity contribution in [1.29, 1.82) is 0 Å². The molecule has 0 spiro atoms. The lowest BCUT2D eigenvalue weighted by Crippen LogP contribution is -2.32. The maximum Gasteiger partial charge on any atom is 0.283 e. The second kappa shape index (κ2) is 6.53. The number of furan rings is 1. The van der Waals surface area contributed by atoms with Crippen LogP contribution in [0, 0.1) is 13.8 Å². The third kappa shape index (κ3) is 3.29. The normalized spacial score (nSPS) is 17.4. The summed E-state index contributed by atoms with van der Waals surface area (Å²) in [5, 5.41) is 12.3. The van der Waals surface area contributed by atoms with E-state index >= 15 is 0 Å². The average molecular weight is 417 g/mol. The van der Waals surface area contributed by atoms with Crippen LogP contribution in [0.4, 0.5) is 0 Å². The summed E-state index contributed by atoms with van der Waals surface area (Å²) >= 11 is 0. The third-order valence-corrected chi connectivity index (χ3v) is 7.42. The summed E-state index contributed by atoms with van der Waals surface area (Å²) in [6, 6.07) is 3.02. The van der Waals surface area contributed by atoms with Crippen molar-refractivity contribution in [3.63, 3.8) is 0 Å². The van der Waals surface area contributed by atoms with Crippen LogP contribution < -0.4 is 0 Å². The number of hydrogen-bond acceptors (Lipinski definition) is 7. The van der Waals surface area contributed by atoms with E-state index in [-0.39, 0.29) is 29.3 Å². The summed E-state index contributed by atoms with van der Waals surface area (Å²) in [6.45, 7) is 4.13. The van der Waals surface area contributed by atoms with Crippen LogP contribution in [0.5, 0.6) is 0 Å². The first kappa shape index (κ1) is 18.6. The zero-order valence-corrected chi connectivity index (χ0v) is 17.4. The minimum absolute atomic E-state index is 0.0163. The van der Waals surface area contributed by atoms with Gasteiger partial charge in [0.05, 0.1) is 5.69 Å². The number of hydrogen-bond donors (Lipinski definition) is 0. The van der Waals surface area contributed by atoms with Crippen LogP contribution in [0.1, 0.15) is 54.4 Å². The molecular formula is C19H23N5O4S. The molecule has 3 heterocycles. The molecule has 0 saturated heterocycles. The summed E-state index contributed by atoms with van der Waals surface area (Å²) in [4.78, 5) is 0. The zero-order valence-electron chi connectivity index (χ0n) is 16.6. The van der Waals surface area contributed by atoms with Gasteiger partial charge in [-0.2, -0.15) is 9.40 Å². The summed E-state index contributed by atoms with van der Waals surface area (Å²) in [7, 11) is -1.94. The molecule has 0 amide bonds. The molecule has 3 aromatic heterocycles. The van der Waals surface area contributed by atoms with Gasteiger partial charge in [-0.1, -0.05) is 0 Å². The highest BCUT2D eigenvalue weighted by molar-refractivity contribution is 7.89. The molecular weight excluding hydrogens is 394 g/mol. The van der Waals surface area contributed by atoms with Crippen LogP contribution in [0.3, 0.4) is 0 Å². The SMILES string of the molecule is Cc1nn(C)c(C)c1CN(C1CC1)S(=O)(=O)c1ccc(-c2nnc(C3CC3)o2)o1. The van der Waals surface area contributed by atoms with Gasteiger partial charge >= 0.3 is 0 Å². The Balaban J connectivity index is 1.44. The van der Waals surface area contributed by atoms with Gasteiger partial charge in [0.15, 0.2) is 5.76 Å². The Hall–Kier alpha value is -2.46. The highest BCUT2D eigenvalue weighted by atomic mass is 32.2. The van der Waals surface area contributed by atoms with E-state index < -0.39 is 10.0 Å². The predicted molar refractivity (Wildman–Crippen MR) is 102 cm³/mol. The molecule has 0 radical (unpaired) electrons. The molecule has 3 aromatic rings. The highest BCUT2D eigenvalue weighted by Gasteiger charge is 2.40. The van der Waals surface area contributed by atoms with Crippen molar-refractivity contribution < 1.29 is 17.3 Å². The van der Waals surface area contributed by atoms with Gasteiger partial charge < -0.3 is 8.83 Å². The van der Waals surface area contributed by atoms with Crippen molar-refractivity contribution in [1.82, 2.24) is 24.3 Å². The van der Waals surface area contributed by atoms with Gasteiger partial charge in [0.2, 0.25) is 11.0 Å². The van der Waals surface area contributed by atoms with Crippen molar-refractivity contribution in [3.05, 3.63) is 35.0 Å². The molecule has 2 aliphatic carbocycles. The Bertz CT molecular complexity index is 1170. The van der Waals surface area contributed by atoms with Gasteiger partial charge in [-0.3, -0.25) is 4.68 Å². The Labute approximate surface area is 168 Å². The standard InChI is InChI=1S/C19H23N5O4S/c1-11-15(12(2)23(3)22-11)10-24(14-6-7-14)29(25,26)17-9-8-16(27-17)19-21-20-18(28-19)13-4-5-13/h8-9,13-14H,4-7,10H2,1-3H3. The van der Waals surface area contributed by atoms with Crippen LogP contribution in [0.15, 0.2) is 26.1 Å². The molecule has 5 rings (SSSR count). The van der Waals surface area contributed by atoms with E-state index in [0.717, 1.165) is 42.6 Å². The van der Waals surface area contributed by atoms with E-state index in [9.17, 15) is 8.42 Å². The Morgan fingerprint density at radius 3 is 2.52 bits per heavy atom. The number of aromatic nitrogens is 4. The van der Waals surface area contributed by atoms with Crippen LogP contribution in [0.2, 0.25) is 0 Å². The number of rotatable bonds is 7. The van der Waals surface area contributed by atoms with Gasteiger partial charge in [0.25, 0.3) is 15.9 Å². The molecule has 9 nitrogen and oxygen atoms in total. The molecule has 2 aliphatic rings. The lowest BCUT2D eigenvalue weighted by Gasteiger charge is -2.20. The van der Waals surface area contributed by atoms with E-state index in [1.54, 1.807) is 10.7 Å². The molecule has 0 atom stereocenters. The van der Waals surface area contributed by atoms with Crippen molar-refractivity contribution in [2.75, 3.05) is 0 Å². The van der Waals surface area contributed by atoms with Crippen LogP contribution in [-0.4, -0.2) is 38.7 Å². The first-order chi connectivity index (χ1) is 13.8. The van der Waals surface area contributed by atoms with Crippen molar-refractivity contribution in [2.24, 2.45) is 7.05 Å². The lowest BCUT2D eigenvalue weighted by molar-refractivity contribution is 0.367. The number of nitrogens with zero attached hydrogens (tertiary/aromatic N) is 5. The van der Waals surface area contributed by atoms with Gasteiger partial charge in [0, 0.05) is 36.8 Å². The molecule has 0 unspecified atom stereocenters. The van der Waals surface area contributed by atoms with Crippen molar-refractivity contribution in [3.8, 4) is 11.7 Å². The Morgan fingerprint density at radius 2 is 1.90 bits per heavy atom. The summed E-state index contributed by atoms with van der Waals surface area (Å²) in [5.41, 5.74) is 2.73. The van der Waals surface area contributed by atoms with Crippen LogP contribution in [0.25, 0.3) is 11.7 Å². The second-order valence-electron chi connectivity index (χ2n) is 7.89. The van der Waals surface area contributed by atoms with E-state index in [2.05, 4.69) is 15.3 Å². The van der Waals surface area contributed by atoms with Gasteiger partial charge in [0.1, 0.15) is 0 Å². The first-order valence-corrected chi connectivity index (χ1v) is 11.2. The molecule has 10 heteroatoms. The molecule has 0 bridgehead atoms. The van der Waals surface area contributed by atoms with Crippen molar-refractivity contribution >= 4 is 10.0 Å². The minimum atomic E-state index is -3.80. The fourth-order valence-electron chi connectivity index (χ4n) is 3.49. The summed E-state index contributed by atoms with van der Waals surface area (Å²) < 4.78 is 41.3. The first-order valence-electron chi connectivity index (χ1n) is 9.79. The summed E-state index contributed by atoms with van der Waals surface area (Å²) in [6.07, 6.45) is 3.78. The minimum Gasteiger partial charge on any atom is -0.438 e. The van der Waals surface area contributed by atoms with E-state index in [4.69, 9.17) is 8.83 Å². The zero-order chi connectivity index (χ0) is 20.3. The van der Waals surface area contributed by atoms with E-state index in [1.807, 2.05) is 20.9 Å². The van der Waals surface area contributed by atoms with Crippen molar-refractivity contribution in [2.45, 2.75) is 63.1 Å². The molecule has 2 fully saturated rings. The summed E-state index contributed by atoms with van der Waals surface area (Å²) in [5.74, 6) is 1.39. The van der Waals surface area contributed by atoms with Crippen LogP contribution >= 0.6 is 0 Å².